The predicted octanol–water partition coefficient (Wildman–Crippen LogP) is 2.17. The van der Waals surface area contributed by atoms with E-state index >= 15 is 0 Å². The van der Waals surface area contributed by atoms with Crippen LogP contribution in [-0.4, -0.2) is 41.8 Å². The molecular formula is C15H21F2NO4. The van der Waals surface area contributed by atoms with Crippen LogP contribution in [0.3, 0.4) is 0 Å². The zero-order valence-corrected chi connectivity index (χ0v) is 12.8. The van der Waals surface area contributed by atoms with Gasteiger partial charge in [-0.1, -0.05) is 13.8 Å². The first-order valence-electron chi connectivity index (χ1n) is 6.81. The fourth-order valence-electron chi connectivity index (χ4n) is 1.49. The number of aliphatic hydroxyl groups is 1. The fourth-order valence-corrected chi connectivity index (χ4v) is 1.49. The molecule has 0 spiro atoms. The van der Waals surface area contributed by atoms with Crippen LogP contribution >= 0.6 is 0 Å². The Morgan fingerprint density at radius 3 is 2.45 bits per heavy atom. The molecular weight excluding hydrogens is 296 g/mol. The Bertz CT molecular complexity index is 527. The molecule has 1 amide bonds. The van der Waals surface area contributed by atoms with E-state index in [4.69, 9.17) is 9.84 Å². The van der Waals surface area contributed by atoms with E-state index in [-0.39, 0.29) is 36.8 Å². The number of amides is 1. The lowest BCUT2D eigenvalue weighted by Gasteiger charge is -2.31. The summed E-state index contributed by atoms with van der Waals surface area (Å²) >= 11 is 0. The van der Waals surface area contributed by atoms with Gasteiger partial charge >= 0.3 is 0 Å². The van der Waals surface area contributed by atoms with Crippen LogP contribution in [0.25, 0.3) is 0 Å². The fraction of sp³-hybridized carbons (Fsp3) is 0.533. The van der Waals surface area contributed by atoms with Crippen molar-refractivity contribution in [3.63, 3.8) is 0 Å². The smallest absolute Gasteiger partial charge is 0.252 e. The molecule has 7 heteroatoms. The van der Waals surface area contributed by atoms with Gasteiger partial charge in [-0.2, -0.15) is 0 Å². The summed E-state index contributed by atoms with van der Waals surface area (Å²) in [4.78, 5) is 11.9. The summed E-state index contributed by atoms with van der Waals surface area (Å²) in [6.45, 7) is 3.12. The molecule has 0 saturated carbocycles. The largest absolute Gasteiger partial charge is 0.504 e. The molecule has 124 valence electrons. The number of phenols is 1. The third-order valence-electron chi connectivity index (χ3n) is 3.45. The van der Waals surface area contributed by atoms with Gasteiger partial charge < -0.3 is 20.3 Å². The number of hydrogen-bond acceptors (Lipinski definition) is 4. The van der Waals surface area contributed by atoms with E-state index in [0.717, 1.165) is 6.92 Å². The first kappa shape index (κ1) is 18.2. The summed E-state index contributed by atoms with van der Waals surface area (Å²) in [5.74, 6) is -3.64. The van der Waals surface area contributed by atoms with Crippen LogP contribution in [0.1, 0.15) is 31.1 Å². The Labute approximate surface area is 127 Å². The number of aromatic hydroxyl groups is 1. The highest BCUT2D eigenvalue weighted by molar-refractivity contribution is 5.94. The van der Waals surface area contributed by atoms with Crippen molar-refractivity contribution in [1.29, 1.82) is 0 Å². The second-order valence-electron chi connectivity index (χ2n) is 5.71. The van der Waals surface area contributed by atoms with Gasteiger partial charge in [0, 0.05) is 17.5 Å². The van der Waals surface area contributed by atoms with Crippen molar-refractivity contribution in [2.75, 3.05) is 19.8 Å². The van der Waals surface area contributed by atoms with Crippen LogP contribution < -0.4 is 10.1 Å². The number of hydrogen-bond donors (Lipinski definition) is 3. The van der Waals surface area contributed by atoms with E-state index < -0.39 is 17.2 Å². The van der Waals surface area contributed by atoms with Crippen LogP contribution in [0.2, 0.25) is 0 Å². The lowest BCUT2D eigenvalue weighted by molar-refractivity contribution is -0.0857. The highest BCUT2D eigenvalue weighted by atomic mass is 19.3. The number of carbonyl (C=O) groups excluding carboxylic acids is 1. The Kier molecular flexibility index (Phi) is 5.71. The van der Waals surface area contributed by atoms with Crippen LogP contribution in [-0.2, 0) is 0 Å². The average Bonchev–Trinajstić information content (AvgIpc) is 2.42. The maximum Gasteiger partial charge on any atom is 0.252 e. The first-order valence-corrected chi connectivity index (χ1v) is 6.81. The van der Waals surface area contributed by atoms with Gasteiger partial charge in [0.25, 0.3) is 11.8 Å². The molecule has 0 bridgehead atoms. The third kappa shape index (κ3) is 4.56. The SMILES string of the molecule is CC(F)(F)C(C)(C)CNC(=O)c1ccc(OCCO)c(O)c1. The lowest BCUT2D eigenvalue weighted by Crippen LogP contribution is -2.43. The lowest BCUT2D eigenvalue weighted by atomic mass is 9.86. The molecule has 0 aromatic heterocycles. The summed E-state index contributed by atoms with van der Waals surface area (Å²) in [7, 11) is 0. The molecule has 0 aliphatic rings. The van der Waals surface area contributed by atoms with Gasteiger partial charge in [-0.05, 0) is 25.1 Å². The molecule has 0 aliphatic heterocycles. The molecule has 0 aliphatic carbocycles. The van der Waals surface area contributed by atoms with E-state index in [1.165, 1.54) is 32.0 Å². The molecule has 22 heavy (non-hydrogen) atoms. The van der Waals surface area contributed by atoms with Gasteiger partial charge in [0.1, 0.15) is 6.61 Å². The van der Waals surface area contributed by atoms with E-state index in [2.05, 4.69) is 5.32 Å². The topological polar surface area (TPSA) is 78.8 Å². The zero-order valence-electron chi connectivity index (χ0n) is 12.8. The number of benzene rings is 1. The Morgan fingerprint density at radius 1 is 1.32 bits per heavy atom. The molecule has 0 saturated heterocycles. The number of alkyl halides is 2. The molecule has 0 atom stereocenters. The monoisotopic (exact) mass is 317 g/mol. The van der Waals surface area contributed by atoms with E-state index in [9.17, 15) is 18.7 Å². The summed E-state index contributed by atoms with van der Waals surface area (Å²) in [6.07, 6.45) is 0. The van der Waals surface area contributed by atoms with E-state index in [1.807, 2.05) is 0 Å². The number of phenolic OH excluding ortho intramolecular Hbond substituents is 1. The second-order valence-corrected chi connectivity index (χ2v) is 5.71. The molecule has 1 aromatic rings. The van der Waals surface area contributed by atoms with Crippen LogP contribution in [0.5, 0.6) is 11.5 Å². The molecule has 1 aromatic carbocycles. The van der Waals surface area contributed by atoms with Crippen molar-refractivity contribution in [3.8, 4) is 11.5 Å². The zero-order chi connectivity index (χ0) is 17.0. The average molecular weight is 317 g/mol. The minimum Gasteiger partial charge on any atom is -0.504 e. The highest BCUT2D eigenvalue weighted by Crippen LogP contribution is 2.35. The minimum absolute atomic E-state index is 0.0128. The van der Waals surface area contributed by atoms with E-state index in [0.29, 0.717) is 0 Å². The molecule has 0 radical (unpaired) electrons. The van der Waals surface area contributed by atoms with Gasteiger partial charge in [0.15, 0.2) is 11.5 Å². The molecule has 0 unspecified atom stereocenters. The third-order valence-corrected chi connectivity index (χ3v) is 3.45. The standard InChI is InChI=1S/C15H21F2NO4/c1-14(2,15(3,16)17)9-18-13(21)10-4-5-12(11(20)8-10)22-7-6-19/h4-5,8,19-20H,6-7,9H2,1-3H3,(H,18,21). The van der Waals surface area contributed by atoms with Gasteiger partial charge in [-0.25, -0.2) is 8.78 Å². The van der Waals surface area contributed by atoms with Crippen LogP contribution in [0, 0.1) is 5.41 Å². The number of nitrogens with one attached hydrogen (secondary N) is 1. The van der Waals surface area contributed by atoms with Crippen molar-refractivity contribution >= 4 is 5.91 Å². The summed E-state index contributed by atoms with van der Waals surface area (Å²) in [5.41, 5.74) is -1.27. The summed E-state index contributed by atoms with van der Waals surface area (Å²) in [6, 6.07) is 3.96. The number of ether oxygens (including phenoxy) is 1. The molecule has 3 N–H and O–H groups in total. The summed E-state index contributed by atoms with van der Waals surface area (Å²) in [5, 5.41) is 20.8. The normalized spacial score (nSPS) is 12.1. The van der Waals surface area contributed by atoms with Gasteiger partial charge in [-0.15, -0.1) is 0 Å². The molecule has 1 rings (SSSR count). The van der Waals surface area contributed by atoms with Crippen molar-refractivity contribution in [3.05, 3.63) is 23.8 Å². The number of halogens is 2. The van der Waals surface area contributed by atoms with Crippen LogP contribution in [0.15, 0.2) is 18.2 Å². The van der Waals surface area contributed by atoms with Crippen molar-refractivity contribution in [2.24, 2.45) is 5.41 Å². The molecule has 0 fully saturated rings. The highest BCUT2D eigenvalue weighted by Gasteiger charge is 2.42. The number of rotatable bonds is 7. The van der Waals surface area contributed by atoms with Crippen molar-refractivity contribution < 1.29 is 28.5 Å². The molecule has 0 heterocycles. The van der Waals surface area contributed by atoms with Crippen molar-refractivity contribution in [1.82, 2.24) is 5.32 Å². The van der Waals surface area contributed by atoms with E-state index in [1.54, 1.807) is 0 Å². The number of aliphatic hydroxyl groups excluding tert-OH is 1. The molecule has 5 nitrogen and oxygen atoms in total. The van der Waals surface area contributed by atoms with Gasteiger partial charge in [0.05, 0.1) is 6.61 Å². The first-order chi connectivity index (χ1) is 10.1. The second kappa shape index (κ2) is 6.91. The quantitative estimate of drug-likeness (QED) is 0.720. The Hall–Kier alpha value is -1.89. The van der Waals surface area contributed by atoms with Crippen LogP contribution in [0.4, 0.5) is 8.78 Å². The Balaban J connectivity index is 2.73. The summed E-state index contributed by atoms with van der Waals surface area (Å²) < 4.78 is 31.8. The van der Waals surface area contributed by atoms with Gasteiger partial charge in [0.2, 0.25) is 0 Å². The number of carbonyl (C=O) groups is 1. The Morgan fingerprint density at radius 2 is 1.95 bits per heavy atom. The minimum atomic E-state index is -2.94. The van der Waals surface area contributed by atoms with Crippen molar-refractivity contribution in [2.45, 2.75) is 26.7 Å². The van der Waals surface area contributed by atoms with Gasteiger partial charge in [-0.3, -0.25) is 4.79 Å². The maximum atomic E-state index is 13.4. The maximum absolute atomic E-state index is 13.4. The predicted molar refractivity (Wildman–Crippen MR) is 77.4 cm³/mol.